The first-order valence-corrected chi connectivity index (χ1v) is 16.8. The lowest BCUT2D eigenvalue weighted by molar-refractivity contribution is -0.146. The van der Waals surface area contributed by atoms with Crippen LogP contribution >= 0.6 is 11.3 Å². The number of carbonyl (C=O) groups excluding carboxylic acids is 3. The van der Waals surface area contributed by atoms with Crippen molar-refractivity contribution in [1.82, 2.24) is 35.5 Å². The Morgan fingerprint density at radius 2 is 1.78 bits per heavy atom. The number of thiazole rings is 1. The fourth-order valence-corrected chi connectivity index (χ4v) is 6.57. The van der Waals surface area contributed by atoms with Gasteiger partial charge in [-0.05, 0) is 56.9 Å². The van der Waals surface area contributed by atoms with E-state index in [1.807, 2.05) is 29.6 Å². The van der Waals surface area contributed by atoms with Gasteiger partial charge in [0, 0.05) is 36.0 Å². The van der Waals surface area contributed by atoms with Crippen LogP contribution in [0.3, 0.4) is 0 Å². The number of ether oxygens (including phenoxy) is 2. The van der Waals surface area contributed by atoms with Gasteiger partial charge in [0.05, 0.1) is 13.2 Å². The molecule has 2 fully saturated rings. The highest BCUT2D eigenvalue weighted by Crippen LogP contribution is 2.45. The average molecular weight is 694 g/mol. The number of nitrogens with zero attached hydrogens (tertiary/aromatic N) is 5. The van der Waals surface area contributed by atoms with E-state index in [1.165, 1.54) is 27.1 Å². The van der Waals surface area contributed by atoms with Crippen LogP contribution in [0.2, 0.25) is 0 Å². The number of carbonyl (C=O) groups is 4. The van der Waals surface area contributed by atoms with Crippen molar-refractivity contribution < 1.29 is 33.8 Å². The van der Waals surface area contributed by atoms with Crippen molar-refractivity contribution in [1.29, 1.82) is 0 Å². The van der Waals surface area contributed by atoms with Crippen molar-refractivity contribution in [2.75, 3.05) is 13.7 Å². The lowest BCUT2D eigenvalue weighted by atomic mass is 9.85. The first kappa shape index (κ1) is 35.5. The van der Waals surface area contributed by atoms with Gasteiger partial charge in [-0.3, -0.25) is 9.59 Å². The van der Waals surface area contributed by atoms with Gasteiger partial charge in [0.2, 0.25) is 11.8 Å². The first-order chi connectivity index (χ1) is 23.0. The Morgan fingerprint density at radius 1 is 1.10 bits per heavy atom. The zero-order valence-corrected chi connectivity index (χ0v) is 29.5. The molecule has 1 unspecified atom stereocenters. The predicted molar refractivity (Wildman–Crippen MR) is 182 cm³/mol. The summed E-state index contributed by atoms with van der Waals surface area (Å²) in [6.45, 7) is 14.3. The quantitative estimate of drug-likeness (QED) is 0.259. The van der Waals surface area contributed by atoms with Gasteiger partial charge in [-0.1, -0.05) is 26.8 Å². The Kier molecular flexibility index (Phi) is 9.61. The van der Waals surface area contributed by atoms with Crippen molar-refractivity contribution in [3.8, 4) is 27.7 Å². The van der Waals surface area contributed by atoms with Gasteiger partial charge in [-0.25, -0.2) is 14.6 Å². The van der Waals surface area contributed by atoms with Crippen LogP contribution in [0.15, 0.2) is 48.5 Å². The van der Waals surface area contributed by atoms with Gasteiger partial charge >= 0.3 is 12.1 Å². The fourth-order valence-electron chi connectivity index (χ4n) is 5.94. The minimum Gasteiger partial charge on any atom is -0.497 e. The third-order valence-electron chi connectivity index (χ3n) is 8.62. The Labute approximate surface area is 288 Å². The smallest absolute Gasteiger partial charge is 0.408 e. The molecule has 1 aromatic carbocycles. The molecule has 14 nitrogen and oxygen atoms in total. The van der Waals surface area contributed by atoms with Crippen LogP contribution in [0.4, 0.5) is 4.79 Å². The maximum Gasteiger partial charge on any atom is 0.408 e. The highest BCUT2D eigenvalue weighted by atomic mass is 32.1. The summed E-state index contributed by atoms with van der Waals surface area (Å²) in [4.78, 5) is 60.9. The summed E-state index contributed by atoms with van der Waals surface area (Å²) in [5, 5.41) is 27.6. The Bertz CT molecular complexity index is 1730. The number of likely N-dealkylation sites (tertiary alicyclic amines) is 1. The van der Waals surface area contributed by atoms with Crippen LogP contribution in [-0.4, -0.2) is 90.7 Å². The van der Waals surface area contributed by atoms with E-state index in [-0.39, 0.29) is 19.4 Å². The molecule has 3 heterocycles. The SMILES string of the molecule is C=C[C@@H]1C[C@]1(NC(=O)[C@@H]1CC(n2nc(-c3ccc(OC)cc3)c(-c3nccs3)n2)CN1C(=O)[C@@H](NC(=O)OC(C)(C)C)C(C)(C)C)C(=O)O. The fraction of sp³-hybridized carbons (Fsp3) is 0.500. The number of benzene rings is 1. The van der Waals surface area contributed by atoms with E-state index in [0.717, 1.165) is 5.56 Å². The number of methoxy groups -OCH3 is 1. The van der Waals surface area contributed by atoms with Crippen LogP contribution in [0.1, 0.15) is 60.4 Å². The van der Waals surface area contributed by atoms with E-state index >= 15 is 0 Å². The van der Waals surface area contributed by atoms with E-state index in [0.29, 0.717) is 22.1 Å². The van der Waals surface area contributed by atoms with Crippen LogP contribution < -0.4 is 15.4 Å². The minimum atomic E-state index is -1.51. The molecular formula is C34H43N7O7S. The number of alkyl carbamates (subject to hydrolysis) is 1. The summed E-state index contributed by atoms with van der Waals surface area (Å²) in [5.41, 5.74) is -1.26. The summed E-state index contributed by atoms with van der Waals surface area (Å²) >= 11 is 1.40. The van der Waals surface area contributed by atoms with Crippen molar-refractivity contribution in [2.45, 2.75) is 83.6 Å². The topological polar surface area (TPSA) is 178 Å². The number of aromatic nitrogens is 4. The van der Waals surface area contributed by atoms with E-state index in [2.05, 4.69) is 22.2 Å². The highest BCUT2D eigenvalue weighted by molar-refractivity contribution is 7.13. The Hall–Kier alpha value is -4.79. The maximum absolute atomic E-state index is 14.4. The number of carboxylic acids is 1. The van der Waals surface area contributed by atoms with Crippen LogP contribution in [0.25, 0.3) is 22.0 Å². The average Bonchev–Trinajstić information content (AvgIpc) is 3.47. The van der Waals surface area contributed by atoms with E-state index in [1.54, 1.807) is 54.8 Å². The lowest BCUT2D eigenvalue weighted by Gasteiger charge is -2.36. The van der Waals surface area contributed by atoms with Gasteiger partial charge in [0.15, 0.2) is 0 Å². The second-order valence-corrected chi connectivity index (χ2v) is 15.3. The first-order valence-electron chi connectivity index (χ1n) is 16.0. The van der Waals surface area contributed by atoms with Gasteiger partial charge in [0.25, 0.3) is 0 Å². The minimum absolute atomic E-state index is 0.0124. The number of nitrogens with one attached hydrogen (secondary N) is 2. The van der Waals surface area contributed by atoms with Gasteiger partial charge < -0.3 is 30.1 Å². The molecule has 49 heavy (non-hydrogen) atoms. The number of hydrogen-bond acceptors (Lipinski definition) is 10. The standard InChI is InChI=1S/C34H43N7O7S/c1-9-20-17-34(20,30(44)45)37-27(42)23-16-21(18-40(23)29(43)26(32(2,3)4)36-31(46)48-33(5,6)7)41-38-24(19-10-12-22(47-8)13-11-19)25(39-41)28-35-14-15-49-28/h9-15,20-21,23,26H,1,16-18H2,2-8H3,(H,36,46)(H,37,42)(H,44,45)/t20-,21?,23+,26-,34-/m1/s1. The maximum atomic E-state index is 14.4. The second kappa shape index (κ2) is 13.3. The van der Waals surface area contributed by atoms with E-state index in [9.17, 15) is 24.3 Å². The van der Waals surface area contributed by atoms with Gasteiger partial charge in [0.1, 0.15) is 45.4 Å². The van der Waals surface area contributed by atoms with E-state index in [4.69, 9.17) is 19.7 Å². The normalized spacial score (nSPS) is 22.6. The molecule has 3 amide bonds. The van der Waals surface area contributed by atoms with Gasteiger partial charge in [-0.15, -0.1) is 23.0 Å². The summed E-state index contributed by atoms with van der Waals surface area (Å²) in [6.07, 6.45) is 2.67. The zero-order chi connectivity index (χ0) is 35.9. The molecule has 2 aromatic heterocycles. The summed E-state index contributed by atoms with van der Waals surface area (Å²) < 4.78 is 10.8. The molecule has 1 aliphatic heterocycles. The molecular weight excluding hydrogens is 650 g/mol. The third-order valence-corrected chi connectivity index (χ3v) is 9.40. The summed E-state index contributed by atoms with van der Waals surface area (Å²) in [7, 11) is 1.58. The Balaban J connectivity index is 1.52. The van der Waals surface area contributed by atoms with Crippen molar-refractivity contribution in [3.63, 3.8) is 0 Å². The van der Waals surface area contributed by atoms with Gasteiger partial charge in [-0.2, -0.15) is 9.90 Å². The number of hydrogen-bond donors (Lipinski definition) is 3. The molecule has 262 valence electrons. The number of amides is 3. The zero-order valence-electron chi connectivity index (χ0n) is 28.7. The van der Waals surface area contributed by atoms with Crippen molar-refractivity contribution in [2.24, 2.45) is 11.3 Å². The molecule has 2 aliphatic rings. The molecule has 3 aromatic rings. The number of rotatable bonds is 10. The second-order valence-electron chi connectivity index (χ2n) is 14.4. The molecule has 3 N–H and O–H groups in total. The molecule has 0 bridgehead atoms. The number of carboxylic acid groups (broad SMARTS) is 1. The monoisotopic (exact) mass is 693 g/mol. The third kappa shape index (κ3) is 7.46. The predicted octanol–water partition coefficient (Wildman–Crippen LogP) is 4.30. The summed E-state index contributed by atoms with van der Waals surface area (Å²) in [5.74, 6) is -2.11. The lowest BCUT2D eigenvalue weighted by Crippen LogP contribution is -2.59. The molecule has 5 atom stereocenters. The molecule has 1 aliphatic carbocycles. The molecule has 0 radical (unpaired) electrons. The summed E-state index contributed by atoms with van der Waals surface area (Å²) in [6, 6.07) is 4.58. The molecule has 5 rings (SSSR count). The van der Waals surface area contributed by atoms with Crippen LogP contribution in [-0.2, 0) is 19.1 Å². The van der Waals surface area contributed by atoms with Crippen LogP contribution in [0.5, 0.6) is 5.75 Å². The molecule has 15 heteroatoms. The van der Waals surface area contributed by atoms with Crippen molar-refractivity contribution >= 4 is 35.2 Å². The van der Waals surface area contributed by atoms with E-state index < -0.39 is 64.5 Å². The molecule has 0 spiro atoms. The van der Waals surface area contributed by atoms with Crippen molar-refractivity contribution in [3.05, 3.63) is 48.5 Å². The highest BCUT2D eigenvalue weighted by Gasteiger charge is 2.61. The number of aliphatic carboxylic acids is 1. The van der Waals surface area contributed by atoms with Crippen LogP contribution in [0, 0.1) is 11.3 Å². The molecule has 1 saturated heterocycles. The largest absolute Gasteiger partial charge is 0.497 e. The molecule has 1 saturated carbocycles. The Morgan fingerprint density at radius 3 is 2.31 bits per heavy atom.